The predicted molar refractivity (Wildman–Crippen MR) is 203 cm³/mol. The number of unbranched alkanes of at least 4 members (excludes halogenated alkanes) is 4. The minimum Gasteiger partial charge on any atom is -0.507 e. The van der Waals surface area contributed by atoms with E-state index < -0.39 is 0 Å². The van der Waals surface area contributed by atoms with Crippen LogP contribution in [-0.2, 0) is 12.8 Å². The van der Waals surface area contributed by atoms with Crippen molar-refractivity contribution in [2.24, 2.45) is 0 Å². The van der Waals surface area contributed by atoms with Crippen molar-refractivity contribution in [3.63, 3.8) is 0 Å². The molecule has 4 nitrogen and oxygen atoms in total. The van der Waals surface area contributed by atoms with Gasteiger partial charge in [0.2, 0.25) is 0 Å². The van der Waals surface area contributed by atoms with Crippen LogP contribution < -0.4 is 9.47 Å². The van der Waals surface area contributed by atoms with Crippen molar-refractivity contribution < 1.29 is 19.7 Å². The van der Waals surface area contributed by atoms with Gasteiger partial charge in [-0.25, -0.2) is 0 Å². The van der Waals surface area contributed by atoms with Gasteiger partial charge < -0.3 is 19.7 Å². The molecule has 0 aromatic heterocycles. The monoisotopic (exact) mass is 648 g/mol. The fourth-order valence-corrected chi connectivity index (χ4v) is 6.46. The topological polar surface area (TPSA) is 58.9 Å². The molecule has 0 atom stereocenters. The fraction of sp³-hybridized carbons (Fsp3) is 0.409. The van der Waals surface area contributed by atoms with Crippen molar-refractivity contribution in [3.8, 4) is 45.3 Å². The Morgan fingerprint density at radius 3 is 1.62 bits per heavy atom. The van der Waals surface area contributed by atoms with Gasteiger partial charge in [0.25, 0.3) is 0 Å². The molecule has 0 saturated carbocycles. The minimum absolute atomic E-state index is 0.209. The number of benzene rings is 4. The maximum absolute atomic E-state index is 11.5. The van der Waals surface area contributed by atoms with Crippen molar-refractivity contribution in [2.75, 3.05) is 13.2 Å². The van der Waals surface area contributed by atoms with E-state index in [2.05, 4.69) is 96.7 Å². The second kappa shape index (κ2) is 17.3. The Balaban J connectivity index is 1.69. The van der Waals surface area contributed by atoms with Gasteiger partial charge in [0.15, 0.2) is 0 Å². The lowest BCUT2D eigenvalue weighted by Crippen LogP contribution is -2.11. The molecule has 4 aromatic rings. The molecule has 0 radical (unpaired) electrons. The van der Waals surface area contributed by atoms with E-state index in [0.29, 0.717) is 17.1 Å². The van der Waals surface area contributed by atoms with Crippen LogP contribution >= 0.6 is 0 Å². The van der Waals surface area contributed by atoms with Crippen LogP contribution in [0.15, 0.2) is 67.2 Å². The quantitative estimate of drug-likeness (QED) is 0.112. The molecular weight excluding hydrogens is 592 g/mol. The van der Waals surface area contributed by atoms with Gasteiger partial charge in [-0.1, -0.05) is 113 Å². The van der Waals surface area contributed by atoms with Crippen LogP contribution in [0.25, 0.3) is 27.8 Å². The van der Waals surface area contributed by atoms with Crippen molar-refractivity contribution in [3.05, 3.63) is 101 Å². The van der Waals surface area contributed by atoms with Crippen LogP contribution in [0, 0.1) is 13.8 Å². The van der Waals surface area contributed by atoms with E-state index in [0.717, 1.165) is 101 Å². The third-order valence-corrected chi connectivity index (χ3v) is 9.02. The van der Waals surface area contributed by atoms with E-state index in [1.807, 2.05) is 19.1 Å². The van der Waals surface area contributed by atoms with E-state index in [-0.39, 0.29) is 30.6 Å². The lowest BCUT2D eigenvalue weighted by molar-refractivity contribution is 0.217. The molecule has 4 rings (SSSR count). The number of allylic oxidation sites excluding steroid dienone is 1. The second-order valence-corrected chi connectivity index (χ2v) is 13.7. The lowest BCUT2D eigenvalue weighted by Gasteiger charge is -2.21. The number of hydrogen-bond acceptors (Lipinski definition) is 4. The van der Waals surface area contributed by atoms with Crippen LogP contribution in [0.3, 0.4) is 0 Å². The lowest BCUT2D eigenvalue weighted by atomic mass is 9.89. The average molecular weight is 649 g/mol. The van der Waals surface area contributed by atoms with Crippen molar-refractivity contribution >= 4 is 5.57 Å². The van der Waals surface area contributed by atoms with Crippen LogP contribution in [0.1, 0.15) is 112 Å². The third-order valence-electron chi connectivity index (χ3n) is 9.02. The van der Waals surface area contributed by atoms with Crippen molar-refractivity contribution in [1.82, 2.24) is 0 Å². The molecule has 4 aromatic carbocycles. The highest BCUT2D eigenvalue weighted by molar-refractivity contribution is 5.86. The number of hydrogen-bond donors (Lipinski definition) is 2. The SMILES string of the molecule is C=C(C)c1ccc(C)cc1-c1c(O)cc(CCCCC)cc1OCCOc1cc(CCCCC)cc(O)c1-c1cc(C)ccc1C(C)C. The largest absolute Gasteiger partial charge is 0.507 e. The van der Waals surface area contributed by atoms with Crippen LogP contribution in [-0.4, -0.2) is 23.4 Å². The molecule has 0 unspecified atom stereocenters. The van der Waals surface area contributed by atoms with Crippen LogP contribution in [0.5, 0.6) is 23.0 Å². The molecule has 0 aliphatic heterocycles. The molecule has 0 spiro atoms. The Morgan fingerprint density at radius 2 is 1.15 bits per heavy atom. The smallest absolute Gasteiger partial charge is 0.131 e. The number of rotatable bonds is 17. The van der Waals surface area contributed by atoms with Gasteiger partial charge in [0, 0.05) is 0 Å². The third kappa shape index (κ3) is 9.24. The summed E-state index contributed by atoms with van der Waals surface area (Å²) in [6.07, 6.45) is 8.42. The van der Waals surface area contributed by atoms with Gasteiger partial charge >= 0.3 is 0 Å². The first-order valence-electron chi connectivity index (χ1n) is 17.9. The number of aromatic hydroxyl groups is 2. The number of aryl methyl sites for hydroxylation is 4. The van der Waals surface area contributed by atoms with E-state index in [4.69, 9.17) is 9.47 Å². The minimum atomic E-state index is 0.209. The standard InChI is InChI=1S/C44H56O4/c1-9-11-13-15-33-25-39(45)43(37-23-31(7)17-19-35(37)29(3)4)41(27-33)47-21-22-48-42-28-34(16-14-12-10-2)26-40(46)44(42)38-24-32(8)18-20-36(38)30(5)6/h17-20,23-28,30,45-46H,3,9-16,21-22H2,1-2,4-8H3. The molecule has 0 saturated heterocycles. The summed E-state index contributed by atoms with van der Waals surface area (Å²) in [6.45, 7) is 19.6. The number of phenols is 2. The first-order valence-corrected chi connectivity index (χ1v) is 17.9. The molecule has 256 valence electrons. The highest BCUT2D eigenvalue weighted by atomic mass is 16.5. The molecule has 0 aliphatic rings. The molecule has 2 N–H and O–H groups in total. The molecular formula is C44H56O4. The molecule has 4 heteroatoms. The first-order chi connectivity index (χ1) is 23.0. The summed E-state index contributed by atoms with van der Waals surface area (Å²) in [7, 11) is 0. The van der Waals surface area contributed by atoms with Crippen LogP contribution in [0.4, 0.5) is 0 Å². The van der Waals surface area contributed by atoms with Crippen molar-refractivity contribution in [2.45, 2.75) is 106 Å². The summed E-state index contributed by atoms with van der Waals surface area (Å²) in [6, 6.07) is 20.6. The number of phenolic OH excluding ortho intramolecular Hbond substituents is 2. The molecule has 0 fully saturated rings. The summed E-state index contributed by atoms with van der Waals surface area (Å²) in [5.41, 5.74) is 10.7. The van der Waals surface area contributed by atoms with E-state index in [9.17, 15) is 10.2 Å². The fourth-order valence-electron chi connectivity index (χ4n) is 6.46. The Kier molecular flexibility index (Phi) is 13.2. The van der Waals surface area contributed by atoms with E-state index in [1.165, 1.54) is 5.56 Å². The number of ether oxygens (including phenoxy) is 2. The van der Waals surface area contributed by atoms with Gasteiger partial charge in [0.1, 0.15) is 36.2 Å². The summed E-state index contributed by atoms with van der Waals surface area (Å²) >= 11 is 0. The normalized spacial score (nSPS) is 11.2. The molecule has 0 heterocycles. The Bertz CT molecular complexity index is 1700. The van der Waals surface area contributed by atoms with Gasteiger partial charge in [-0.15, -0.1) is 0 Å². The zero-order valence-electron chi connectivity index (χ0n) is 30.3. The Morgan fingerprint density at radius 1 is 0.667 bits per heavy atom. The average Bonchev–Trinajstić information content (AvgIpc) is 3.02. The van der Waals surface area contributed by atoms with Gasteiger partial charge in [0.05, 0.1) is 11.1 Å². The first kappa shape index (κ1) is 36.7. The summed E-state index contributed by atoms with van der Waals surface area (Å²) in [4.78, 5) is 0. The molecule has 0 bridgehead atoms. The Labute approximate surface area is 289 Å². The molecule has 48 heavy (non-hydrogen) atoms. The maximum Gasteiger partial charge on any atom is 0.131 e. The summed E-state index contributed by atoms with van der Waals surface area (Å²) < 4.78 is 13.0. The molecule has 0 aliphatic carbocycles. The zero-order chi connectivity index (χ0) is 34.8. The molecule has 0 amide bonds. The summed E-state index contributed by atoms with van der Waals surface area (Å²) in [5.74, 6) is 2.03. The highest BCUT2D eigenvalue weighted by Crippen LogP contribution is 2.45. The summed E-state index contributed by atoms with van der Waals surface area (Å²) in [5, 5.41) is 22.9. The van der Waals surface area contributed by atoms with Gasteiger partial charge in [-0.3, -0.25) is 0 Å². The van der Waals surface area contributed by atoms with Gasteiger partial charge in [-0.05, 0) is 110 Å². The van der Waals surface area contributed by atoms with Gasteiger partial charge in [-0.2, -0.15) is 0 Å². The Hall–Kier alpha value is -4.18. The van der Waals surface area contributed by atoms with Crippen molar-refractivity contribution in [1.29, 1.82) is 0 Å². The predicted octanol–water partition coefficient (Wildman–Crippen LogP) is 12.1. The maximum atomic E-state index is 11.5. The van der Waals surface area contributed by atoms with Crippen LogP contribution in [0.2, 0.25) is 0 Å². The highest BCUT2D eigenvalue weighted by Gasteiger charge is 2.21. The zero-order valence-corrected chi connectivity index (χ0v) is 30.3. The van der Waals surface area contributed by atoms with E-state index in [1.54, 1.807) is 0 Å². The van der Waals surface area contributed by atoms with E-state index >= 15 is 0 Å². The second-order valence-electron chi connectivity index (χ2n) is 13.7.